The van der Waals surface area contributed by atoms with Gasteiger partial charge in [-0.15, -0.1) is 0 Å². The summed E-state index contributed by atoms with van der Waals surface area (Å²) < 4.78 is 0. The Balaban J connectivity index is 2.36. The molecule has 1 atom stereocenters. The fourth-order valence-corrected chi connectivity index (χ4v) is 3.30. The van der Waals surface area contributed by atoms with Gasteiger partial charge >= 0.3 is 0 Å². The van der Waals surface area contributed by atoms with Crippen LogP contribution in [0.25, 0.3) is 0 Å². The summed E-state index contributed by atoms with van der Waals surface area (Å²) in [4.78, 5) is 19.0. The molecular formula is C19H30N4O. The quantitative estimate of drug-likeness (QED) is 0.606. The van der Waals surface area contributed by atoms with Crippen molar-refractivity contribution >= 4 is 5.71 Å². The third kappa shape index (κ3) is 4.28. The minimum absolute atomic E-state index is 0.0854. The predicted octanol–water partition coefficient (Wildman–Crippen LogP) is 3.53. The van der Waals surface area contributed by atoms with E-state index in [0.717, 1.165) is 37.0 Å². The van der Waals surface area contributed by atoms with E-state index in [4.69, 9.17) is 5.73 Å². The average molecular weight is 330 g/mol. The molecule has 0 fully saturated rings. The molecule has 1 aromatic rings. The zero-order valence-corrected chi connectivity index (χ0v) is 14.9. The summed E-state index contributed by atoms with van der Waals surface area (Å²) in [5.41, 5.74) is 7.65. The molecule has 0 aliphatic carbocycles. The van der Waals surface area contributed by atoms with E-state index in [9.17, 15) is 4.79 Å². The van der Waals surface area contributed by atoms with Crippen molar-refractivity contribution in [3.8, 4) is 0 Å². The number of aliphatic imine (C=N–C) groups is 1. The molecule has 0 aromatic carbocycles. The van der Waals surface area contributed by atoms with Gasteiger partial charge in [-0.3, -0.25) is 4.79 Å². The molecule has 1 aliphatic heterocycles. The van der Waals surface area contributed by atoms with Crippen LogP contribution in [0.4, 0.5) is 0 Å². The smallest absolute Gasteiger partial charge is 0.247 e. The van der Waals surface area contributed by atoms with Crippen molar-refractivity contribution in [1.29, 1.82) is 0 Å². The van der Waals surface area contributed by atoms with E-state index in [2.05, 4.69) is 29.1 Å². The molecule has 0 bridgehead atoms. The van der Waals surface area contributed by atoms with Crippen LogP contribution < -0.4 is 16.6 Å². The van der Waals surface area contributed by atoms with E-state index in [1.54, 1.807) is 12.3 Å². The number of nitrogens with two attached hydrogens (primary N) is 1. The molecule has 1 aromatic heterocycles. The highest BCUT2D eigenvalue weighted by Crippen LogP contribution is 2.33. The van der Waals surface area contributed by atoms with Gasteiger partial charge in [-0.25, -0.2) is 4.99 Å². The Morgan fingerprint density at radius 3 is 2.54 bits per heavy atom. The third-order valence-electron chi connectivity index (χ3n) is 4.67. The van der Waals surface area contributed by atoms with Crippen molar-refractivity contribution in [2.24, 2.45) is 10.7 Å². The normalized spacial score (nSPS) is 20.2. The van der Waals surface area contributed by atoms with Gasteiger partial charge in [0.1, 0.15) is 11.4 Å². The number of aromatic nitrogens is 1. The first-order valence-corrected chi connectivity index (χ1v) is 9.13. The fraction of sp³-hybridized carbons (Fsp3) is 0.579. The summed E-state index contributed by atoms with van der Waals surface area (Å²) in [6.07, 6.45) is 12.4. The maximum absolute atomic E-state index is 11.5. The van der Waals surface area contributed by atoms with Gasteiger partial charge < -0.3 is 16.0 Å². The standard InChI is InChI=1S/C19H30N4O/c1-3-5-7-9-16-19(12-8-6-4-2,22-14-17(20)23-16)15-10-11-18(24)21-13-15/h10-11,13-14,22H,3-9,12,20H2,1-2H3,(H,21,24). The lowest BCUT2D eigenvalue weighted by Crippen LogP contribution is -2.49. The zero-order valence-electron chi connectivity index (χ0n) is 14.9. The topological polar surface area (TPSA) is 83.3 Å². The lowest BCUT2D eigenvalue weighted by atomic mass is 9.78. The Bertz CT molecular complexity index is 627. The number of rotatable bonds is 9. The van der Waals surface area contributed by atoms with Crippen LogP contribution >= 0.6 is 0 Å². The summed E-state index contributed by atoms with van der Waals surface area (Å²) in [5.74, 6) is 0.525. The number of hydrogen-bond acceptors (Lipinski definition) is 4. The van der Waals surface area contributed by atoms with Gasteiger partial charge in [-0.05, 0) is 30.9 Å². The van der Waals surface area contributed by atoms with E-state index in [-0.39, 0.29) is 11.1 Å². The van der Waals surface area contributed by atoms with Gasteiger partial charge in [-0.2, -0.15) is 0 Å². The predicted molar refractivity (Wildman–Crippen MR) is 99.9 cm³/mol. The van der Waals surface area contributed by atoms with Crippen LogP contribution in [0.15, 0.2) is 40.1 Å². The SMILES string of the molecule is CCCCCC1=NC(N)=CNC1(CCCCC)c1ccc(=O)[nH]c1. The molecule has 1 aliphatic rings. The molecule has 0 radical (unpaired) electrons. The molecule has 0 saturated carbocycles. The van der Waals surface area contributed by atoms with Gasteiger partial charge in [0.2, 0.25) is 5.56 Å². The maximum atomic E-state index is 11.5. The Labute approximate surface area is 144 Å². The highest BCUT2D eigenvalue weighted by atomic mass is 16.1. The zero-order chi connectivity index (χ0) is 17.4. The monoisotopic (exact) mass is 330 g/mol. The lowest BCUT2D eigenvalue weighted by Gasteiger charge is -2.38. The first-order chi connectivity index (χ1) is 11.6. The molecule has 2 heterocycles. The first kappa shape index (κ1) is 18.3. The number of unbranched alkanes of at least 4 members (excludes halogenated alkanes) is 4. The van der Waals surface area contributed by atoms with Crippen LogP contribution in [-0.4, -0.2) is 10.7 Å². The van der Waals surface area contributed by atoms with E-state index in [1.165, 1.54) is 25.7 Å². The molecular weight excluding hydrogens is 300 g/mol. The van der Waals surface area contributed by atoms with Gasteiger partial charge in [0.05, 0.1) is 5.71 Å². The minimum atomic E-state index is -0.365. The van der Waals surface area contributed by atoms with Crippen LogP contribution in [-0.2, 0) is 5.54 Å². The second-order valence-corrected chi connectivity index (χ2v) is 6.53. The molecule has 2 rings (SSSR count). The van der Waals surface area contributed by atoms with Crippen molar-refractivity contribution in [2.75, 3.05) is 0 Å². The number of nitrogens with zero attached hydrogens (tertiary/aromatic N) is 1. The molecule has 24 heavy (non-hydrogen) atoms. The van der Waals surface area contributed by atoms with Gasteiger partial charge in [-0.1, -0.05) is 46.0 Å². The Kier molecular flexibility index (Phi) is 6.64. The number of pyridine rings is 1. The second kappa shape index (κ2) is 8.71. The Morgan fingerprint density at radius 1 is 1.12 bits per heavy atom. The second-order valence-electron chi connectivity index (χ2n) is 6.53. The number of hydrogen-bond donors (Lipinski definition) is 3. The van der Waals surface area contributed by atoms with Gasteiger partial charge in [0.25, 0.3) is 0 Å². The van der Waals surface area contributed by atoms with Crippen LogP contribution in [0.3, 0.4) is 0 Å². The fourth-order valence-electron chi connectivity index (χ4n) is 3.30. The van der Waals surface area contributed by atoms with Crippen molar-refractivity contribution in [3.63, 3.8) is 0 Å². The number of aromatic amines is 1. The highest BCUT2D eigenvalue weighted by Gasteiger charge is 2.38. The van der Waals surface area contributed by atoms with E-state index in [1.807, 2.05) is 12.3 Å². The van der Waals surface area contributed by atoms with Gasteiger partial charge in [0, 0.05) is 18.5 Å². The van der Waals surface area contributed by atoms with Crippen molar-refractivity contribution < 1.29 is 0 Å². The molecule has 1 unspecified atom stereocenters. The van der Waals surface area contributed by atoms with E-state index >= 15 is 0 Å². The van der Waals surface area contributed by atoms with Gasteiger partial charge in [0.15, 0.2) is 0 Å². The lowest BCUT2D eigenvalue weighted by molar-refractivity contribution is 0.428. The van der Waals surface area contributed by atoms with Crippen LogP contribution in [0.5, 0.6) is 0 Å². The van der Waals surface area contributed by atoms with Crippen LogP contribution in [0, 0.1) is 0 Å². The molecule has 0 amide bonds. The minimum Gasteiger partial charge on any atom is -0.383 e. The number of H-pyrrole nitrogens is 1. The van der Waals surface area contributed by atoms with Crippen LogP contribution in [0.2, 0.25) is 0 Å². The first-order valence-electron chi connectivity index (χ1n) is 9.13. The van der Waals surface area contributed by atoms with Crippen LogP contribution in [0.1, 0.15) is 70.8 Å². The summed E-state index contributed by atoms with van der Waals surface area (Å²) in [7, 11) is 0. The summed E-state index contributed by atoms with van der Waals surface area (Å²) in [6, 6.07) is 3.49. The highest BCUT2D eigenvalue weighted by molar-refractivity contribution is 5.96. The van der Waals surface area contributed by atoms with E-state index < -0.39 is 0 Å². The molecule has 132 valence electrons. The van der Waals surface area contributed by atoms with E-state index in [0.29, 0.717) is 5.82 Å². The molecule has 5 heteroatoms. The Morgan fingerprint density at radius 2 is 1.88 bits per heavy atom. The molecule has 0 spiro atoms. The molecule has 0 saturated heterocycles. The summed E-state index contributed by atoms with van der Waals surface area (Å²) in [5, 5.41) is 3.51. The third-order valence-corrected chi connectivity index (χ3v) is 4.67. The summed E-state index contributed by atoms with van der Waals surface area (Å²) >= 11 is 0. The summed E-state index contributed by atoms with van der Waals surface area (Å²) in [6.45, 7) is 4.40. The Hall–Kier alpha value is -2.04. The molecule has 4 N–H and O–H groups in total. The maximum Gasteiger partial charge on any atom is 0.247 e. The molecule has 5 nitrogen and oxygen atoms in total. The van der Waals surface area contributed by atoms with Crippen molar-refractivity contribution in [1.82, 2.24) is 10.3 Å². The van der Waals surface area contributed by atoms with Crippen molar-refractivity contribution in [3.05, 3.63) is 46.3 Å². The average Bonchev–Trinajstić information content (AvgIpc) is 2.58. The van der Waals surface area contributed by atoms with Crippen molar-refractivity contribution in [2.45, 2.75) is 70.8 Å². The largest absolute Gasteiger partial charge is 0.383 e. The number of nitrogens with one attached hydrogen (secondary N) is 2.